The number of amides is 2. The molecule has 0 aliphatic heterocycles. The van der Waals surface area contributed by atoms with Gasteiger partial charge in [0.2, 0.25) is 11.8 Å². The molecule has 0 aliphatic carbocycles. The van der Waals surface area contributed by atoms with Crippen molar-refractivity contribution in [3.63, 3.8) is 0 Å². The van der Waals surface area contributed by atoms with E-state index in [2.05, 4.69) is 26.6 Å². The van der Waals surface area contributed by atoms with Gasteiger partial charge in [0.25, 0.3) is 0 Å². The minimum absolute atomic E-state index is 0.0928. The largest absolute Gasteiger partial charge is 0.497 e. The summed E-state index contributed by atoms with van der Waals surface area (Å²) in [5, 5.41) is 5.45. The van der Waals surface area contributed by atoms with Crippen LogP contribution in [0.15, 0.2) is 24.3 Å². The van der Waals surface area contributed by atoms with Crippen molar-refractivity contribution >= 4 is 33.4 Å². The topological polar surface area (TPSA) is 67.4 Å². The van der Waals surface area contributed by atoms with Crippen LogP contribution in [0, 0.1) is 0 Å². The normalized spacial score (nSPS) is 11.6. The van der Waals surface area contributed by atoms with E-state index in [1.807, 2.05) is 6.92 Å². The maximum absolute atomic E-state index is 11.7. The molecule has 0 radical (unpaired) electrons. The summed E-state index contributed by atoms with van der Waals surface area (Å²) in [4.78, 5) is 23.0. The molecule has 5 nitrogen and oxygen atoms in total. The molecule has 6 heteroatoms. The van der Waals surface area contributed by atoms with E-state index in [1.54, 1.807) is 31.4 Å². The Kier molecular flexibility index (Phi) is 7.08. The van der Waals surface area contributed by atoms with Gasteiger partial charge in [0.05, 0.1) is 11.9 Å². The Morgan fingerprint density at radius 2 is 1.95 bits per heavy atom. The molecule has 0 saturated carbocycles. The van der Waals surface area contributed by atoms with Crippen molar-refractivity contribution in [2.75, 3.05) is 19.0 Å². The predicted molar refractivity (Wildman–Crippen MR) is 82.3 cm³/mol. The van der Waals surface area contributed by atoms with E-state index >= 15 is 0 Å². The summed E-state index contributed by atoms with van der Waals surface area (Å²) >= 11 is 3.25. The molecule has 0 bridgehead atoms. The van der Waals surface area contributed by atoms with Crippen LogP contribution in [-0.4, -0.2) is 30.3 Å². The van der Waals surface area contributed by atoms with Gasteiger partial charge < -0.3 is 15.4 Å². The van der Waals surface area contributed by atoms with Crippen LogP contribution in [0.25, 0.3) is 0 Å². The number of halogens is 1. The molecule has 2 N–H and O–H groups in total. The third kappa shape index (κ3) is 5.61. The first-order chi connectivity index (χ1) is 9.56. The Morgan fingerprint density at radius 1 is 1.30 bits per heavy atom. The maximum Gasteiger partial charge on any atom is 0.233 e. The van der Waals surface area contributed by atoms with Crippen LogP contribution in [0.3, 0.4) is 0 Å². The van der Waals surface area contributed by atoms with E-state index in [0.717, 1.165) is 5.75 Å². The minimum atomic E-state index is -0.202. The number of rotatable bonds is 7. The van der Waals surface area contributed by atoms with Gasteiger partial charge in [-0.2, -0.15) is 0 Å². The number of alkyl halides is 1. The summed E-state index contributed by atoms with van der Waals surface area (Å²) < 4.78 is 5.03. The number of methoxy groups -OCH3 is 1. The fraction of sp³-hybridized carbons (Fsp3) is 0.429. The van der Waals surface area contributed by atoms with Gasteiger partial charge in [0.15, 0.2) is 0 Å². The van der Waals surface area contributed by atoms with Gasteiger partial charge in [-0.05, 0) is 30.7 Å². The lowest BCUT2D eigenvalue weighted by Gasteiger charge is -2.09. The van der Waals surface area contributed by atoms with Gasteiger partial charge in [0, 0.05) is 18.7 Å². The molecule has 0 fully saturated rings. The van der Waals surface area contributed by atoms with Gasteiger partial charge in [-0.3, -0.25) is 9.59 Å². The Labute approximate surface area is 127 Å². The quantitative estimate of drug-likeness (QED) is 0.747. The van der Waals surface area contributed by atoms with Crippen molar-refractivity contribution in [2.24, 2.45) is 0 Å². The average Bonchev–Trinajstić information content (AvgIpc) is 2.47. The lowest BCUT2D eigenvalue weighted by atomic mass is 10.3. The second kappa shape index (κ2) is 8.58. The molecule has 1 rings (SSSR count). The molecule has 0 aromatic heterocycles. The van der Waals surface area contributed by atoms with Crippen LogP contribution in [0.4, 0.5) is 5.69 Å². The SMILES string of the molecule is CC[C@H](Br)C(=O)NCCC(=O)Nc1ccc(OC)cc1. The number of carbonyl (C=O) groups excluding carboxylic acids is 2. The van der Waals surface area contributed by atoms with Gasteiger partial charge in [0.1, 0.15) is 5.75 Å². The van der Waals surface area contributed by atoms with Gasteiger partial charge in [-0.1, -0.05) is 22.9 Å². The number of hydrogen-bond donors (Lipinski definition) is 2. The van der Waals surface area contributed by atoms with E-state index in [9.17, 15) is 9.59 Å². The highest BCUT2D eigenvalue weighted by Crippen LogP contribution is 2.14. The molecule has 0 heterocycles. The summed E-state index contributed by atoms with van der Waals surface area (Å²) in [5.41, 5.74) is 0.703. The monoisotopic (exact) mass is 342 g/mol. The van der Waals surface area contributed by atoms with E-state index < -0.39 is 0 Å². The van der Waals surface area contributed by atoms with E-state index in [1.165, 1.54) is 0 Å². The fourth-order valence-electron chi connectivity index (χ4n) is 1.49. The van der Waals surface area contributed by atoms with E-state index in [4.69, 9.17) is 4.74 Å². The van der Waals surface area contributed by atoms with Crippen LogP contribution in [0.5, 0.6) is 5.75 Å². The van der Waals surface area contributed by atoms with Crippen molar-refractivity contribution in [3.8, 4) is 5.75 Å². The number of ether oxygens (including phenoxy) is 1. The summed E-state index contributed by atoms with van der Waals surface area (Å²) in [6, 6.07) is 7.07. The van der Waals surface area contributed by atoms with Crippen molar-refractivity contribution in [1.29, 1.82) is 0 Å². The van der Waals surface area contributed by atoms with Crippen LogP contribution in [0.2, 0.25) is 0 Å². The highest BCUT2D eigenvalue weighted by Gasteiger charge is 2.11. The van der Waals surface area contributed by atoms with E-state index in [0.29, 0.717) is 18.7 Å². The summed E-state index contributed by atoms with van der Waals surface area (Å²) in [6.45, 7) is 2.23. The smallest absolute Gasteiger partial charge is 0.233 e. The third-order valence-corrected chi connectivity index (χ3v) is 3.73. The van der Waals surface area contributed by atoms with Crippen LogP contribution >= 0.6 is 15.9 Å². The molecule has 1 atom stereocenters. The molecule has 110 valence electrons. The van der Waals surface area contributed by atoms with E-state index in [-0.39, 0.29) is 23.1 Å². The first-order valence-electron chi connectivity index (χ1n) is 6.42. The standard InChI is InChI=1S/C14H19BrN2O3/c1-3-12(15)14(19)16-9-8-13(18)17-10-4-6-11(20-2)7-5-10/h4-7,12H,3,8-9H2,1-2H3,(H,16,19)(H,17,18)/t12-/m0/s1. The highest BCUT2D eigenvalue weighted by atomic mass is 79.9. The predicted octanol–water partition coefficient (Wildman–Crippen LogP) is 2.31. The summed E-state index contributed by atoms with van der Waals surface area (Å²) in [7, 11) is 1.59. The first kappa shape index (κ1) is 16.5. The molecular weight excluding hydrogens is 324 g/mol. The third-order valence-electron chi connectivity index (χ3n) is 2.67. The minimum Gasteiger partial charge on any atom is -0.497 e. The van der Waals surface area contributed by atoms with Crippen LogP contribution in [-0.2, 0) is 9.59 Å². The fourth-order valence-corrected chi connectivity index (χ4v) is 1.66. The molecular formula is C14H19BrN2O3. The molecule has 0 aliphatic rings. The van der Waals surface area contributed by atoms with Crippen molar-refractivity contribution in [2.45, 2.75) is 24.6 Å². The Hall–Kier alpha value is -1.56. The first-order valence-corrected chi connectivity index (χ1v) is 7.34. The van der Waals surface area contributed by atoms with Crippen molar-refractivity contribution in [1.82, 2.24) is 5.32 Å². The Balaban J connectivity index is 2.31. The summed E-state index contributed by atoms with van der Waals surface area (Å²) in [6.07, 6.45) is 0.949. The molecule has 1 aromatic carbocycles. The lowest BCUT2D eigenvalue weighted by Crippen LogP contribution is -2.33. The van der Waals surface area contributed by atoms with Crippen molar-refractivity contribution < 1.29 is 14.3 Å². The number of nitrogens with one attached hydrogen (secondary N) is 2. The zero-order valence-electron chi connectivity index (χ0n) is 11.6. The molecule has 0 spiro atoms. The molecule has 1 aromatic rings. The number of anilines is 1. The molecule has 20 heavy (non-hydrogen) atoms. The second-order valence-electron chi connectivity index (χ2n) is 4.19. The number of benzene rings is 1. The maximum atomic E-state index is 11.7. The second-order valence-corrected chi connectivity index (χ2v) is 5.30. The lowest BCUT2D eigenvalue weighted by molar-refractivity contribution is -0.120. The number of hydrogen-bond acceptors (Lipinski definition) is 3. The molecule has 2 amide bonds. The van der Waals surface area contributed by atoms with Crippen molar-refractivity contribution in [3.05, 3.63) is 24.3 Å². The zero-order chi connectivity index (χ0) is 15.0. The Bertz CT molecular complexity index is 448. The van der Waals surface area contributed by atoms with Gasteiger partial charge in [-0.25, -0.2) is 0 Å². The summed E-state index contributed by atoms with van der Waals surface area (Å²) in [5.74, 6) is 0.501. The van der Waals surface area contributed by atoms with Crippen LogP contribution in [0.1, 0.15) is 19.8 Å². The molecule has 0 saturated heterocycles. The van der Waals surface area contributed by atoms with Crippen LogP contribution < -0.4 is 15.4 Å². The van der Waals surface area contributed by atoms with Gasteiger partial charge >= 0.3 is 0 Å². The highest BCUT2D eigenvalue weighted by molar-refractivity contribution is 9.10. The average molecular weight is 343 g/mol. The number of carbonyl (C=O) groups is 2. The zero-order valence-corrected chi connectivity index (χ0v) is 13.2. The Morgan fingerprint density at radius 3 is 2.50 bits per heavy atom. The van der Waals surface area contributed by atoms with Gasteiger partial charge in [-0.15, -0.1) is 0 Å². The molecule has 0 unspecified atom stereocenters.